The molecule has 1 aliphatic carbocycles. The van der Waals surface area contributed by atoms with Gasteiger partial charge in [0.1, 0.15) is 0 Å². The van der Waals surface area contributed by atoms with Crippen LogP contribution in [0.25, 0.3) is 0 Å². The summed E-state index contributed by atoms with van der Waals surface area (Å²) in [6.07, 6.45) is 8.28. The monoisotopic (exact) mass is 265 g/mol. The van der Waals surface area contributed by atoms with Crippen LogP contribution in [0.3, 0.4) is 0 Å². The van der Waals surface area contributed by atoms with Gasteiger partial charge in [0.25, 0.3) is 0 Å². The summed E-state index contributed by atoms with van der Waals surface area (Å²) in [7, 11) is 0. The van der Waals surface area contributed by atoms with E-state index < -0.39 is 0 Å². The van der Waals surface area contributed by atoms with Gasteiger partial charge in [-0.3, -0.25) is 4.90 Å². The zero-order valence-corrected chi connectivity index (χ0v) is 12.8. The molecule has 3 aliphatic rings. The molecule has 0 spiro atoms. The Kier molecular flexibility index (Phi) is 4.45. The summed E-state index contributed by atoms with van der Waals surface area (Å²) in [5.41, 5.74) is 0. The number of piperidine rings is 1. The van der Waals surface area contributed by atoms with Gasteiger partial charge in [-0.15, -0.1) is 0 Å². The molecule has 3 rings (SSSR count). The molecule has 19 heavy (non-hydrogen) atoms. The lowest BCUT2D eigenvalue weighted by molar-refractivity contribution is 0.190. The zero-order chi connectivity index (χ0) is 13.2. The highest BCUT2D eigenvalue weighted by Gasteiger charge is 2.39. The van der Waals surface area contributed by atoms with Gasteiger partial charge < -0.3 is 10.2 Å². The number of hydrogen-bond acceptors (Lipinski definition) is 3. The van der Waals surface area contributed by atoms with Crippen LogP contribution in [0.1, 0.15) is 52.4 Å². The van der Waals surface area contributed by atoms with E-state index in [9.17, 15) is 0 Å². The SMILES string of the molecule is CCCN1CCC(NC2CC(C)N(C3CC3)C2)CC1. The van der Waals surface area contributed by atoms with Crippen molar-refractivity contribution >= 4 is 0 Å². The van der Waals surface area contributed by atoms with Crippen molar-refractivity contribution in [2.75, 3.05) is 26.2 Å². The van der Waals surface area contributed by atoms with Gasteiger partial charge in [-0.05, 0) is 65.1 Å². The van der Waals surface area contributed by atoms with Crippen molar-refractivity contribution in [1.29, 1.82) is 0 Å². The first kappa shape index (κ1) is 13.8. The van der Waals surface area contributed by atoms with Crippen molar-refractivity contribution in [3.8, 4) is 0 Å². The summed E-state index contributed by atoms with van der Waals surface area (Å²) < 4.78 is 0. The largest absolute Gasteiger partial charge is 0.310 e. The van der Waals surface area contributed by atoms with Crippen molar-refractivity contribution in [3.05, 3.63) is 0 Å². The molecule has 1 N–H and O–H groups in total. The molecule has 0 aromatic heterocycles. The molecule has 3 heteroatoms. The Morgan fingerprint density at radius 1 is 1.05 bits per heavy atom. The van der Waals surface area contributed by atoms with Crippen LogP contribution in [-0.2, 0) is 0 Å². The normalized spacial score (nSPS) is 35.1. The van der Waals surface area contributed by atoms with E-state index in [-0.39, 0.29) is 0 Å². The van der Waals surface area contributed by atoms with Gasteiger partial charge in [0.05, 0.1) is 0 Å². The summed E-state index contributed by atoms with van der Waals surface area (Å²) >= 11 is 0. The maximum Gasteiger partial charge on any atom is 0.0212 e. The number of likely N-dealkylation sites (tertiary alicyclic amines) is 2. The molecule has 0 aromatic rings. The highest BCUT2D eigenvalue weighted by Crippen LogP contribution is 2.33. The molecule has 0 radical (unpaired) electrons. The number of nitrogens with one attached hydrogen (secondary N) is 1. The van der Waals surface area contributed by atoms with Crippen LogP contribution in [0.4, 0.5) is 0 Å². The minimum absolute atomic E-state index is 0.762. The van der Waals surface area contributed by atoms with Gasteiger partial charge in [-0.25, -0.2) is 0 Å². The van der Waals surface area contributed by atoms with Gasteiger partial charge in [0.2, 0.25) is 0 Å². The molecule has 2 heterocycles. The first-order valence-corrected chi connectivity index (χ1v) is 8.50. The number of rotatable bonds is 5. The van der Waals surface area contributed by atoms with E-state index in [1.54, 1.807) is 0 Å². The van der Waals surface area contributed by atoms with E-state index >= 15 is 0 Å². The molecule has 3 nitrogen and oxygen atoms in total. The van der Waals surface area contributed by atoms with Crippen molar-refractivity contribution in [2.24, 2.45) is 0 Å². The highest BCUT2D eigenvalue weighted by atomic mass is 15.3. The van der Waals surface area contributed by atoms with Crippen LogP contribution < -0.4 is 5.32 Å². The fourth-order valence-corrected chi connectivity index (χ4v) is 4.06. The first-order chi connectivity index (χ1) is 9.26. The lowest BCUT2D eigenvalue weighted by atomic mass is 10.0. The summed E-state index contributed by atoms with van der Waals surface area (Å²) in [4.78, 5) is 5.38. The molecule has 0 bridgehead atoms. The quantitative estimate of drug-likeness (QED) is 0.821. The molecular formula is C16H31N3. The standard InChI is InChI=1S/C16H31N3/c1-3-8-18-9-6-14(7-10-18)17-15-11-13(2)19(12-15)16-4-5-16/h13-17H,3-12H2,1-2H3. The van der Waals surface area contributed by atoms with E-state index in [1.807, 2.05) is 0 Å². The third-order valence-corrected chi connectivity index (χ3v) is 5.24. The fraction of sp³-hybridized carbons (Fsp3) is 1.00. The van der Waals surface area contributed by atoms with E-state index in [0.29, 0.717) is 0 Å². The van der Waals surface area contributed by atoms with Gasteiger partial charge >= 0.3 is 0 Å². The van der Waals surface area contributed by atoms with Crippen LogP contribution >= 0.6 is 0 Å². The fourth-order valence-electron chi connectivity index (χ4n) is 4.06. The average Bonchev–Trinajstić information content (AvgIpc) is 3.17. The molecule has 2 saturated heterocycles. The second-order valence-electron chi connectivity index (χ2n) is 6.99. The average molecular weight is 265 g/mol. The first-order valence-electron chi connectivity index (χ1n) is 8.50. The Bertz CT molecular complexity index is 282. The van der Waals surface area contributed by atoms with Crippen LogP contribution in [0.15, 0.2) is 0 Å². The van der Waals surface area contributed by atoms with Gasteiger partial charge in [0, 0.05) is 30.7 Å². The molecule has 2 aliphatic heterocycles. The Morgan fingerprint density at radius 3 is 2.42 bits per heavy atom. The molecule has 0 aromatic carbocycles. The topological polar surface area (TPSA) is 18.5 Å². The van der Waals surface area contributed by atoms with Gasteiger partial charge in [-0.1, -0.05) is 6.92 Å². The van der Waals surface area contributed by atoms with Gasteiger partial charge in [-0.2, -0.15) is 0 Å². The van der Waals surface area contributed by atoms with Crippen molar-refractivity contribution in [3.63, 3.8) is 0 Å². The number of nitrogens with zero attached hydrogens (tertiary/aromatic N) is 2. The number of hydrogen-bond donors (Lipinski definition) is 1. The van der Waals surface area contributed by atoms with E-state index in [4.69, 9.17) is 0 Å². The van der Waals surface area contributed by atoms with Crippen LogP contribution in [0.2, 0.25) is 0 Å². The van der Waals surface area contributed by atoms with E-state index in [1.165, 1.54) is 64.7 Å². The maximum atomic E-state index is 3.96. The van der Waals surface area contributed by atoms with Crippen molar-refractivity contribution in [1.82, 2.24) is 15.1 Å². The Morgan fingerprint density at radius 2 is 1.79 bits per heavy atom. The van der Waals surface area contributed by atoms with Crippen molar-refractivity contribution in [2.45, 2.75) is 76.5 Å². The van der Waals surface area contributed by atoms with Crippen LogP contribution in [-0.4, -0.2) is 60.1 Å². The summed E-state index contributed by atoms with van der Waals surface area (Å²) in [6.45, 7) is 9.92. The Hall–Kier alpha value is -0.120. The van der Waals surface area contributed by atoms with Crippen molar-refractivity contribution < 1.29 is 0 Å². The van der Waals surface area contributed by atoms with E-state index in [0.717, 1.165) is 24.2 Å². The van der Waals surface area contributed by atoms with Gasteiger partial charge in [0.15, 0.2) is 0 Å². The predicted molar refractivity (Wildman–Crippen MR) is 80.5 cm³/mol. The molecule has 1 saturated carbocycles. The van der Waals surface area contributed by atoms with E-state index in [2.05, 4.69) is 29.0 Å². The molecule has 110 valence electrons. The minimum atomic E-state index is 0.762. The second kappa shape index (κ2) is 6.11. The second-order valence-corrected chi connectivity index (χ2v) is 6.99. The maximum absolute atomic E-state index is 3.96. The summed E-state index contributed by atoms with van der Waals surface area (Å²) in [5.74, 6) is 0. The lowest BCUT2D eigenvalue weighted by Gasteiger charge is -2.33. The summed E-state index contributed by atoms with van der Waals surface area (Å²) in [6, 6.07) is 3.29. The highest BCUT2D eigenvalue weighted by molar-refractivity contribution is 4.97. The molecule has 2 atom stereocenters. The third-order valence-electron chi connectivity index (χ3n) is 5.24. The molecule has 0 amide bonds. The summed E-state index contributed by atoms with van der Waals surface area (Å²) in [5, 5.41) is 3.96. The predicted octanol–water partition coefficient (Wildman–Crippen LogP) is 2.08. The molecule has 2 unspecified atom stereocenters. The third kappa shape index (κ3) is 3.50. The smallest absolute Gasteiger partial charge is 0.0212 e. The molecular weight excluding hydrogens is 234 g/mol. The van der Waals surface area contributed by atoms with Crippen LogP contribution in [0.5, 0.6) is 0 Å². The van der Waals surface area contributed by atoms with Crippen LogP contribution in [0, 0.1) is 0 Å². The Labute approximate surface area is 118 Å². The Balaban J connectivity index is 1.40. The molecule has 3 fully saturated rings. The minimum Gasteiger partial charge on any atom is -0.310 e. The zero-order valence-electron chi connectivity index (χ0n) is 12.8. The lowest BCUT2D eigenvalue weighted by Crippen LogP contribution is -2.47.